The van der Waals surface area contributed by atoms with Gasteiger partial charge in [-0.3, -0.25) is 4.98 Å². The van der Waals surface area contributed by atoms with E-state index in [1.807, 2.05) is 36.4 Å². The van der Waals surface area contributed by atoms with E-state index < -0.39 is 6.10 Å². The molecule has 3 heteroatoms. The minimum atomic E-state index is -0.475. The monoisotopic (exact) mass is 229 g/mol. The Hall–Kier alpha value is -1.87. The molecule has 1 aromatic heterocycles. The Bertz CT molecular complexity index is 469. The van der Waals surface area contributed by atoms with Crippen molar-refractivity contribution in [3.05, 3.63) is 59.9 Å². The number of aliphatic hydroxyl groups is 1. The molecule has 0 aliphatic rings. The van der Waals surface area contributed by atoms with E-state index in [1.54, 1.807) is 19.3 Å². The second-order valence-corrected chi connectivity index (χ2v) is 3.90. The van der Waals surface area contributed by atoms with Crippen LogP contribution in [0.25, 0.3) is 0 Å². The highest BCUT2D eigenvalue weighted by molar-refractivity contribution is 5.29. The molecule has 1 N–H and O–H groups in total. The second kappa shape index (κ2) is 5.46. The highest BCUT2D eigenvalue weighted by Gasteiger charge is 2.02. The molecule has 17 heavy (non-hydrogen) atoms. The Morgan fingerprint density at radius 3 is 2.88 bits per heavy atom. The summed E-state index contributed by atoms with van der Waals surface area (Å²) in [5, 5.41) is 9.47. The molecule has 1 heterocycles. The van der Waals surface area contributed by atoms with Crippen molar-refractivity contribution in [1.29, 1.82) is 0 Å². The zero-order valence-electron chi connectivity index (χ0n) is 9.71. The third-order valence-corrected chi connectivity index (χ3v) is 2.47. The topological polar surface area (TPSA) is 42.4 Å². The van der Waals surface area contributed by atoms with Gasteiger partial charge in [0.1, 0.15) is 12.4 Å². The van der Waals surface area contributed by atoms with Crippen LogP contribution >= 0.6 is 0 Å². The van der Waals surface area contributed by atoms with E-state index in [2.05, 4.69) is 4.98 Å². The third-order valence-electron chi connectivity index (χ3n) is 2.47. The highest BCUT2D eigenvalue weighted by atomic mass is 16.5. The zero-order chi connectivity index (χ0) is 12.1. The normalized spacial score (nSPS) is 12.1. The molecule has 1 atom stereocenters. The molecule has 0 radical (unpaired) electrons. The van der Waals surface area contributed by atoms with E-state index in [0.717, 1.165) is 16.9 Å². The standard InChI is InChI=1S/C14H15NO2/c1-11(16)13-5-2-6-14(8-13)17-10-12-4-3-7-15-9-12/h2-9,11,16H,10H2,1H3/t11-/m0/s1. The molecule has 0 bridgehead atoms. The van der Waals surface area contributed by atoms with Gasteiger partial charge in [0.05, 0.1) is 6.10 Å². The van der Waals surface area contributed by atoms with Crippen LogP contribution in [-0.2, 0) is 6.61 Å². The fourth-order valence-corrected chi connectivity index (χ4v) is 1.51. The molecule has 0 amide bonds. The van der Waals surface area contributed by atoms with Crippen LogP contribution in [0.5, 0.6) is 5.75 Å². The van der Waals surface area contributed by atoms with Crippen LogP contribution in [0.15, 0.2) is 48.8 Å². The van der Waals surface area contributed by atoms with E-state index in [1.165, 1.54) is 0 Å². The molecule has 2 aromatic rings. The maximum atomic E-state index is 9.47. The predicted molar refractivity (Wildman–Crippen MR) is 65.6 cm³/mol. The quantitative estimate of drug-likeness (QED) is 0.876. The third kappa shape index (κ3) is 3.29. The molecule has 0 fully saturated rings. The summed E-state index contributed by atoms with van der Waals surface area (Å²) in [6, 6.07) is 11.3. The van der Waals surface area contributed by atoms with Crippen molar-refractivity contribution in [3.8, 4) is 5.75 Å². The lowest BCUT2D eigenvalue weighted by atomic mass is 10.1. The number of pyridine rings is 1. The van der Waals surface area contributed by atoms with Gasteiger partial charge < -0.3 is 9.84 Å². The lowest BCUT2D eigenvalue weighted by Gasteiger charge is -2.09. The van der Waals surface area contributed by atoms with Gasteiger partial charge in [0.2, 0.25) is 0 Å². The Labute approximate surface area is 101 Å². The highest BCUT2D eigenvalue weighted by Crippen LogP contribution is 2.19. The molecule has 88 valence electrons. The van der Waals surface area contributed by atoms with Gasteiger partial charge in [0.15, 0.2) is 0 Å². The van der Waals surface area contributed by atoms with Gasteiger partial charge in [0, 0.05) is 18.0 Å². The molecule has 1 aromatic carbocycles. The van der Waals surface area contributed by atoms with Crippen LogP contribution in [0, 0.1) is 0 Å². The number of rotatable bonds is 4. The number of nitrogens with zero attached hydrogens (tertiary/aromatic N) is 1. The number of hydrogen-bond donors (Lipinski definition) is 1. The molecule has 3 nitrogen and oxygen atoms in total. The summed E-state index contributed by atoms with van der Waals surface area (Å²) in [5.41, 5.74) is 1.88. The first-order valence-corrected chi connectivity index (χ1v) is 5.55. The summed E-state index contributed by atoms with van der Waals surface area (Å²) in [7, 11) is 0. The average molecular weight is 229 g/mol. The number of ether oxygens (including phenoxy) is 1. The molecular formula is C14H15NO2. The number of hydrogen-bond acceptors (Lipinski definition) is 3. The van der Waals surface area contributed by atoms with Crippen LogP contribution in [0.3, 0.4) is 0 Å². The maximum Gasteiger partial charge on any atom is 0.120 e. The van der Waals surface area contributed by atoms with Crippen molar-refractivity contribution in [2.75, 3.05) is 0 Å². The van der Waals surface area contributed by atoms with E-state index in [-0.39, 0.29) is 0 Å². The van der Waals surface area contributed by atoms with E-state index >= 15 is 0 Å². The molecule has 0 aliphatic carbocycles. The predicted octanol–water partition coefficient (Wildman–Crippen LogP) is 2.71. The van der Waals surface area contributed by atoms with Crippen LogP contribution in [0.1, 0.15) is 24.2 Å². The Balaban J connectivity index is 2.02. The molecule has 0 unspecified atom stereocenters. The Morgan fingerprint density at radius 2 is 2.18 bits per heavy atom. The fraction of sp³-hybridized carbons (Fsp3) is 0.214. The molecule has 0 saturated heterocycles. The van der Waals surface area contributed by atoms with Crippen LogP contribution in [0.4, 0.5) is 0 Å². The summed E-state index contributed by atoms with van der Waals surface area (Å²) in [6.45, 7) is 2.22. The van der Waals surface area contributed by atoms with Gasteiger partial charge >= 0.3 is 0 Å². The molecular weight excluding hydrogens is 214 g/mol. The summed E-state index contributed by atoms with van der Waals surface area (Å²) < 4.78 is 5.63. The minimum Gasteiger partial charge on any atom is -0.489 e. The minimum absolute atomic E-state index is 0.475. The van der Waals surface area contributed by atoms with Crippen molar-refractivity contribution in [2.45, 2.75) is 19.6 Å². The number of benzene rings is 1. The Kier molecular flexibility index (Phi) is 3.73. The number of aliphatic hydroxyl groups excluding tert-OH is 1. The first-order valence-electron chi connectivity index (χ1n) is 5.55. The number of aromatic nitrogens is 1. The molecule has 0 saturated carbocycles. The molecule has 2 rings (SSSR count). The van der Waals surface area contributed by atoms with Gasteiger partial charge in [-0.2, -0.15) is 0 Å². The van der Waals surface area contributed by atoms with Gasteiger partial charge in [-0.05, 0) is 30.7 Å². The van der Waals surface area contributed by atoms with Crippen molar-refractivity contribution in [2.24, 2.45) is 0 Å². The molecule has 0 aliphatic heterocycles. The Morgan fingerprint density at radius 1 is 1.29 bits per heavy atom. The summed E-state index contributed by atoms with van der Waals surface area (Å²) in [5.74, 6) is 0.757. The van der Waals surface area contributed by atoms with Gasteiger partial charge in [-0.25, -0.2) is 0 Å². The summed E-state index contributed by atoms with van der Waals surface area (Å²) in [6.07, 6.45) is 3.03. The van der Waals surface area contributed by atoms with Crippen LogP contribution in [-0.4, -0.2) is 10.1 Å². The summed E-state index contributed by atoms with van der Waals surface area (Å²) >= 11 is 0. The van der Waals surface area contributed by atoms with Crippen molar-refractivity contribution in [1.82, 2.24) is 4.98 Å². The van der Waals surface area contributed by atoms with Crippen LogP contribution < -0.4 is 4.74 Å². The van der Waals surface area contributed by atoms with Gasteiger partial charge in [-0.1, -0.05) is 18.2 Å². The largest absolute Gasteiger partial charge is 0.489 e. The molecule has 0 spiro atoms. The second-order valence-electron chi connectivity index (χ2n) is 3.90. The van der Waals surface area contributed by atoms with Gasteiger partial charge in [-0.15, -0.1) is 0 Å². The van der Waals surface area contributed by atoms with E-state index in [0.29, 0.717) is 6.61 Å². The first-order chi connectivity index (χ1) is 8.25. The average Bonchev–Trinajstić information content (AvgIpc) is 2.38. The van der Waals surface area contributed by atoms with Gasteiger partial charge in [0.25, 0.3) is 0 Å². The lowest BCUT2D eigenvalue weighted by molar-refractivity contribution is 0.198. The zero-order valence-corrected chi connectivity index (χ0v) is 9.71. The smallest absolute Gasteiger partial charge is 0.120 e. The maximum absolute atomic E-state index is 9.47. The fourth-order valence-electron chi connectivity index (χ4n) is 1.51. The van der Waals surface area contributed by atoms with Crippen molar-refractivity contribution < 1.29 is 9.84 Å². The van der Waals surface area contributed by atoms with E-state index in [4.69, 9.17) is 4.74 Å². The first kappa shape index (κ1) is 11.6. The van der Waals surface area contributed by atoms with Crippen molar-refractivity contribution in [3.63, 3.8) is 0 Å². The van der Waals surface area contributed by atoms with Crippen LogP contribution in [0.2, 0.25) is 0 Å². The summed E-state index contributed by atoms with van der Waals surface area (Å²) in [4.78, 5) is 4.02. The van der Waals surface area contributed by atoms with Crippen molar-refractivity contribution >= 4 is 0 Å². The van der Waals surface area contributed by atoms with E-state index in [9.17, 15) is 5.11 Å². The SMILES string of the molecule is C[C@H](O)c1cccc(OCc2cccnc2)c1. The lowest BCUT2D eigenvalue weighted by Crippen LogP contribution is -1.97.